The predicted molar refractivity (Wildman–Crippen MR) is 71.1 cm³/mol. The number of hydrogen-bond donors (Lipinski definition) is 0. The molecule has 0 spiro atoms. The van der Waals surface area contributed by atoms with Crippen LogP contribution in [0.4, 0.5) is 13.2 Å². The lowest BCUT2D eigenvalue weighted by Crippen LogP contribution is -2.13. The minimum atomic E-state index is -4.57. The van der Waals surface area contributed by atoms with Gasteiger partial charge in [-0.1, -0.05) is 41.9 Å². The van der Waals surface area contributed by atoms with E-state index < -0.39 is 17.5 Å². The first-order valence-electron chi connectivity index (χ1n) is 5.78. The minimum absolute atomic E-state index is 0.136. The molecule has 0 unspecified atom stereocenters. The molecular weight excluding hydrogens is 289 g/mol. The van der Waals surface area contributed by atoms with Gasteiger partial charge in [0.25, 0.3) is 0 Å². The Labute approximate surface area is 119 Å². The number of halogens is 4. The molecule has 5 heteroatoms. The summed E-state index contributed by atoms with van der Waals surface area (Å²) in [6.07, 6.45) is -4.57. The van der Waals surface area contributed by atoms with Gasteiger partial charge < -0.3 is 0 Å². The second-order valence-electron chi connectivity index (χ2n) is 4.34. The van der Waals surface area contributed by atoms with Crippen molar-refractivity contribution in [2.24, 2.45) is 0 Å². The Morgan fingerprint density at radius 2 is 1.75 bits per heavy atom. The number of hydrogen-bond acceptors (Lipinski definition) is 1. The van der Waals surface area contributed by atoms with E-state index in [1.165, 1.54) is 30.3 Å². The van der Waals surface area contributed by atoms with Crippen molar-refractivity contribution >= 4 is 17.4 Å². The van der Waals surface area contributed by atoms with Gasteiger partial charge in [-0.2, -0.15) is 13.2 Å². The Bertz CT molecular complexity index is 662. The zero-order chi connectivity index (χ0) is 14.9. The van der Waals surface area contributed by atoms with Gasteiger partial charge in [0, 0.05) is 16.1 Å². The van der Waals surface area contributed by atoms with Crippen LogP contribution in [0.3, 0.4) is 0 Å². The molecule has 2 rings (SSSR count). The maximum atomic E-state index is 12.9. The molecule has 0 amide bonds. The van der Waals surface area contributed by atoms with E-state index in [4.69, 9.17) is 11.6 Å². The molecule has 0 atom stereocenters. The first-order valence-corrected chi connectivity index (χ1v) is 6.15. The molecule has 0 fully saturated rings. The van der Waals surface area contributed by atoms with Crippen molar-refractivity contribution in [2.75, 3.05) is 0 Å². The van der Waals surface area contributed by atoms with E-state index in [0.717, 1.165) is 11.6 Å². The van der Waals surface area contributed by atoms with Crippen molar-refractivity contribution in [3.8, 4) is 0 Å². The number of aryl methyl sites for hydroxylation is 1. The van der Waals surface area contributed by atoms with Crippen molar-refractivity contribution in [3.05, 3.63) is 69.7 Å². The fraction of sp³-hybridized carbons (Fsp3) is 0.133. The molecule has 0 saturated heterocycles. The molecule has 0 aliphatic heterocycles. The lowest BCUT2D eigenvalue weighted by Gasteiger charge is -2.12. The number of rotatable bonds is 2. The third kappa shape index (κ3) is 2.85. The maximum Gasteiger partial charge on any atom is 0.417 e. The predicted octanol–water partition coefficient (Wildman–Crippen LogP) is 4.90. The van der Waals surface area contributed by atoms with Crippen molar-refractivity contribution in [3.63, 3.8) is 0 Å². The van der Waals surface area contributed by atoms with Crippen molar-refractivity contribution in [1.82, 2.24) is 0 Å². The average molecular weight is 299 g/mol. The lowest BCUT2D eigenvalue weighted by molar-refractivity contribution is -0.137. The van der Waals surface area contributed by atoms with Crippen LogP contribution in [0.5, 0.6) is 0 Å². The highest BCUT2D eigenvalue weighted by Crippen LogP contribution is 2.33. The van der Waals surface area contributed by atoms with Crippen molar-refractivity contribution in [1.29, 1.82) is 0 Å². The van der Waals surface area contributed by atoms with Crippen LogP contribution in [0.2, 0.25) is 5.02 Å². The van der Waals surface area contributed by atoms with Crippen LogP contribution >= 0.6 is 11.6 Å². The molecule has 0 heterocycles. The molecule has 0 N–H and O–H groups in total. The molecule has 104 valence electrons. The zero-order valence-corrected chi connectivity index (χ0v) is 11.2. The van der Waals surface area contributed by atoms with E-state index in [-0.39, 0.29) is 11.1 Å². The number of carbonyl (C=O) groups is 1. The largest absolute Gasteiger partial charge is 0.417 e. The second kappa shape index (κ2) is 5.29. The Balaban J connectivity index is 2.51. The van der Waals surface area contributed by atoms with Crippen molar-refractivity contribution < 1.29 is 18.0 Å². The summed E-state index contributed by atoms with van der Waals surface area (Å²) >= 11 is 5.90. The molecule has 0 aliphatic rings. The summed E-state index contributed by atoms with van der Waals surface area (Å²) in [6, 6.07) is 9.16. The molecule has 0 aromatic heterocycles. The first kappa shape index (κ1) is 14.6. The monoisotopic (exact) mass is 298 g/mol. The standard InChI is InChI=1S/C15H10ClF3O/c1-9-6-7-10(8-13(9)16)14(20)11-4-2-3-5-12(11)15(17,18)19/h2-8H,1H3. The van der Waals surface area contributed by atoms with Gasteiger partial charge in [-0.25, -0.2) is 0 Å². The van der Waals surface area contributed by atoms with Crippen LogP contribution in [0.15, 0.2) is 42.5 Å². The minimum Gasteiger partial charge on any atom is -0.289 e. The summed E-state index contributed by atoms with van der Waals surface area (Å²) in [5.74, 6) is -0.695. The Hall–Kier alpha value is -1.81. The van der Waals surface area contributed by atoms with E-state index in [0.29, 0.717) is 5.02 Å². The summed E-state index contributed by atoms with van der Waals surface area (Å²) in [5.41, 5.74) is -0.425. The summed E-state index contributed by atoms with van der Waals surface area (Å²) in [4.78, 5) is 12.2. The molecule has 0 saturated carbocycles. The molecule has 2 aromatic carbocycles. The quantitative estimate of drug-likeness (QED) is 0.721. The fourth-order valence-corrected chi connectivity index (χ4v) is 2.00. The van der Waals surface area contributed by atoms with E-state index in [9.17, 15) is 18.0 Å². The fourth-order valence-electron chi connectivity index (χ4n) is 1.82. The molecule has 0 bridgehead atoms. The van der Waals surface area contributed by atoms with Gasteiger partial charge in [0.2, 0.25) is 0 Å². The number of ketones is 1. The highest BCUT2D eigenvalue weighted by atomic mass is 35.5. The number of alkyl halides is 3. The van der Waals surface area contributed by atoms with Gasteiger partial charge in [0.15, 0.2) is 5.78 Å². The summed E-state index contributed by atoms with van der Waals surface area (Å²) in [7, 11) is 0. The van der Waals surface area contributed by atoms with E-state index in [1.807, 2.05) is 0 Å². The van der Waals surface area contributed by atoms with Crippen molar-refractivity contribution in [2.45, 2.75) is 13.1 Å². The summed E-state index contributed by atoms with van der Waals surface area (Å²) in [6.45, 7) is 1.75. The Morgan fingerprint density at radius 3 is 2.35 bits per heavy atom. The first-order chi connectivity index (χ1) is 9.30. The average Bonchev–Trinajstić information content (AvgIpc) is 2.40. The van der Waals surface area contributed by atoms with E-state index >= 15 is 0 Å². The molecular formula is C15H10ClF3O. The number of carbonyl (C=O) groups excluding carboxylic acids is 1. The van der Waals surface area contributed by atoms with Crippen LogP contribution in [-0.4, -0.2) is 5.78 Å². The van der Waals surface area contributed by atoms with Gasteiger partial charge >= 0.3 is 6.18 Å². The Morgan fingerprint density at radius 1 is 1.10 bits per heavy atom. The smallest absolute Gasteiger partial charge is 0.289 e. The van der Waals surface area contributed by atoms with E-state index in [1.54, 1.807) is 13.0 Å². The van der Waals surface area contributed by atoms with Gasteiger partial charge in [-0.05, 0) is 24.6 Å². The molecule has 0 aliphatic carbocycles. The van der Waals surface area contributed by atoms with E-state index in [2.05, 4.69) is 0 Å². The maximum absolute atomic E-state index is 12.9. The number of benzene rings is 2. The highest BCUT2D eigenvalue weighted by Gasteiger charge is 2.34. The molecule has 2 aromatic rings. The molecule has 0 radical (unpaired) electrons. The zero-order valence-electron chi connectivity index (χ0n) is 10.5. The summed E-state index contributed by atoms with van der Waals surface area (Å²) in [5, 5.41) is 0.348. The molecule has 20 heavy (non-hydrogen) atoms. The van der Waals surface area contributed by atoms with Gasteiger partial charge in [-0.3, -0.25) is 4.79 Å². The van der Waals surface area contributed by atoms with Gasteiger partial charge in [-0.15, -0.1) is 0 Å². The van der Waals surface area contributed by atoms with Crippen LogP contribution in [0.1, 0.15) is 27.0 Å². The highest BCUT2D eigenvalue weighted by molar-refractivity contribution is 6.31. The summed E-state index contributed by atoms with van der Waals surface area (Å²) < 4.78 is 38.7. The van der Waals surface area contributed by atoms with Crippen LogP contribution in [-0.2, 0) is 6.18 Å². The normalized spacial score (nSPS) is 11.4. The van der Waals surface area contributed by atoms with Crippen LogP contribution < -0.4 is 0 Å². The van der Waals surface area contributed by atoms with Crippen LogP contribution in [0, 0.1) is 6.92 Å². The third-order valence-electron chi connectivity index (χ3n) is 2.91. The van der Waals surface area contributed by atoms with Gasteiger partial charge in [0.1, 0.15) is 0 Å². The third-order valence-corrected chi connectivity index (χ3v) is 3.32. The second-order valence-corrected chi connectivity index (χ2v) is 4.74. The lowest BCUT2D eigenvalue weighted by atomic mass is 9.97. The molecule has 1 nitrogen and oxygen atoms in total. The topological polar surface area (TPSA) is 17.1 Å². The van der Waals surface area contributed by atoms with Crippen LogP contribution in [0.25, 0.3) is 0 Å². The Kier molecular flexibility index (Phi) is 3.86. The van der Waals surface area contributed by atoms with Gasteiger partial charge in [0.05, 0.1) is 5.56 Å². The SMILES string of the molecule is Cc1ccc(C(=O)c2ccccc2C(F)(F)F)cc1Cl.